The number of benzene rings is 2. The Morgan fingerprint density at radius 1 is 1.21 bits per heavy atom. The summed E-state index contributed by atoms with van der Waals surface area (Å²) in [4.78, 5) is 12.0. The summed E-state index contributed by atoms with van der Waals surface area (Å²) in [6.45, 7) is 6.34. The molecule has 0 aromatic heterocycles. The fourth-order valence-corrected chi connectivity index (χ4v) is 3.04. The minimum Gasteiger partial charge on any atom is -0.492 e. The van der Waals surface area contributed by atoms with Crippen LogP contribution in [-0.2, 0) is 4.79 Å². The van der Waals surface area contributed by atoms with Gasteiger partial charge in [-0.15, -0.1) is 0 Å². The van der Waals surface area contributed by atoms with Gasteiger partial charge in [-0.2, -0.15) is 0 Å². The van der Waals surface area contributed by atoms with E-state index in [9.17, 15) is 4.79 Å². The molecule has 5 heteroatoms. The zero-order valence-corrected chi connectivity index (χ0v) is 16.4. The summed E-state index contributed by atoms with van der Waals surface area (Å²) < 4.78 is 6.66. The number of amides is 1. The molecule has 24 heavy (non-hydrogen) atoms. The summed E-state index contributed by atoms with van der Waals surface area (Å²) >= 11 is 9.72. The van der Waals surface area contributed by atoms with E-state index < -0.39 is 0 Å². The molecule has 3 nitrogen and oxygen atoms in total. The van der Waals surface area contributed by atoms with Gasteiger partial charge >= 0.3 is 0 Å². The SMILES string of the molecule is Cc1ccccc1NC(=O)CCCOc1cc(C)c(Cl)c(C)c1Br. The first-order chi connectivity index (χ1) is 11.4. The second kappa shape index (κ2) is 8.54. The number of carbonyl (C=O) groups excluding carboxylic acids is 1. The van der Waals surface area contributed by atoms with Gasteiger partial charge in [0.1, 0.15) is 5.75 Å². The van der Waals surface area contributed by atoms with Crippen LogP contribution < -0.4 is 10.1 Å². The highest BCUT2D eigenvalue weighted by Crippen LogP contribution is 2.35. The van der Waals surface area contributed by atoms with Crippen molar-refractivity contribution in [2.24, 2.45) is 0 Å². The van der Waals surface area contributed by atoms with Gasteiger partial charge in [0.15, 0.2) is 0 Å². The molecule has 0 unspecified atom stereocenters. The fraction of sp³-hybridized carbons (Fsp3) is 0.316. The average molecular weight is 411 g/mol. The first-order valence-corrected chi connectivity index (χ1v) is 9.00. The minimum atomic E-state index is -0.00423. The summed E-state index contributed by atoms with van der Waals surface area (Å²) in [5.41, 5.74) is 3.85. The van der Waals surface area contributed by atoms with Crippen molar-refractivity contribution in [3.63, 3.8) is 0 Å². The highest BCUT2D eigenvalue weighted by Gasteiger charge is 2.11. The standard InChI is InChI=1S/C19H21BrClNO2/c1-12-7-4-5-8-15(12)22-17(23)9-6-10-24-16-11-13(2)19(21)14(3)18(16)20/h4-5,7-8,11H,6,9-10H2,1-3H3,(H,22,23). The van der Waals surface area contributed by atoms with Crippen LogP contribution in [0.1, 0.15) is 29.5 Å². The highest BCUT2D eigenvalue weighted by atomic mass is 79.9. The zero-order valence-electron chi connectivity index (χ0n) is 14.1. The lowest BCUT2D eigenvalue weighted by atomic mass is 10.1. The predicted octanol–water partition coefficient (Wildman–Crippen LogP) is 5.83. The van der Waals surface area contributed by atoms with Gasteiger partial charge in [0, 0.05) is 17.1 Å². The van der Waals surface area contributed by atoms with E-state index in [0.29, 0.717) is 19.4 Å². The number of ether oxygens (including phenoxy) is 1. The van der Waals surface area contributed by atoms with Gasteiger partial charge < -0.3 is 10.1 Å². The van der Waals surface area contributed by atoms with Crippen molar-refractivity contribution in [1.29, 1.82) is 0 Å². The topological polar surface area (TPSA) is 38.3 Å². The minimum absolute atomic E-state index is 0.00423. The average Bonchev–Trinajstić information content (AvgIpc) is 2.56. The van der Waals surface area contributed by atoms with E-state index in [4.69, 9.17) is 16.3 Å². The zero-order chi connectivity index (χ0) is 17.7. The van der Waals surface area contributed by atoms with Gasteiger partial charge in [-0.1, -0.05) is 29.8 Å². The van der Waals surface area contributed by atoms with E-state index in [1.165, 1.54) is 0 Å². The Bertz CT molecular complexity index is 746. The van der Waals surface area contributed by atoms with Crippen LogP contribution in [0.25, 0.3) is 0 Å². The van der Waals surface area contributed by atoms with Crippen molar-refractivity contribution < 1.29 is 9.53 Å². The van der Waals surface area contributed by atoms with Crippen molar-refractivity contribution in [2.45, 2.75) is 33.6 Å². The van der Waals surface area contributed by atoms with Gasteiger partial charge in [-0.3, -0.25) is 4.79 Å². The van der Waals surface area contributed by atoms with Gasteiger partial charge in [-0.25, -0.2) is 0 Å². The molecule has 0 spiro atoms. The third-order valence-corrected chi connectivity index (χ3v) is 5.36. The van der Waals surface area contributed by atoms with Crippen molar-refractivity contribution >= 4 is 39.1 Å². The lowest BCUT2D eigenvalue weighted by molar-refractivity contribution is -0.116. The second-order valence-electron chi connectivity index (χ2n) is 5.76. The predicted molar refractivity (Wildman–Crippen MR) is 103 cm³/mol. The Kier molecular flexibility index (Phi) is 6.69. The normalized spacial score (nSPS) is 10.5. The summed E-state index contributed by atoms with van der Waals surface area (Å²) in [7, 11) is 0. The van der Waals surface area contributed by atoms with Crippen molar-refractivity contribution in [2.75, 3.05) is 11.9 Å². The van der Waals surface area contributed by atoms with E-state index in [-0.39, 0.29) is 5.91 Å². The fourth-order valence-electron chi connectivity index (χ4n) is 2.35. The molecule has 1 amide bonds. The molecule has 0 saturated carbocycles. The Morgan fingerprint density at radius 3 is 2.62 bits per heavy atom. The molecule has 1 N–H and O–H groups in total. The maximum atomic E-state index is 12.0. The van der Waals surface area contributed by atoms with Crippen molar-refractivity contribution in [3.8, 4) is 5.75 Å². The number of nitrogens with one attached hydrogen (secondary N) is 1. The molecule has 0 aliphatic carbocycles. The molecule has 2 aromatic rings. The molecule has 0 atom stereocenters. The number of rotatable bonds is 6. The first-order valence-electron chi connectivity index (χ1n) is 7.83. The molecule has 0 saturated heterocycles. The molecular formula is C19H21BrClNO2. The van der Waals surface area contributed by atoms with Gasteiger partial charge in [-0.05, 0) is 71.9 Å². The van der Waals surface area contributed by atoms with Gasteiger partial charge in [0.25, 0.3) is 0 Å². The molecule has 2 rings (SSSR count). The molecule has 2 aromatic carbocycles. The third kappa shape index (κ3) is 4.74. The maximum Gasteiger partial charge on any atom is 0.224 e. The Balaban J connectivity index is 1.83. The van der Waals surface area contributed by atoms with E-state index in [1.54, 1.807) is 0 Å². The largest absolute Gasteiger partial charge is 0.492 e. The van der Waals surface area contributed by atoms with Gasteiger partial charge in [0.05, 0.1) is 11.1 Å². The molecular weight excluding hydrogens is 390 g/mol. The molecule has 0 radical (unpaired) electrons. The van der Waals surface area contributed by atoms with Crippen molar-refractivity contribution in [1.82, 2.24) is 0 Å². The lowest BCUT2D eigenvalue weighted by Crippen LogP contribution is -2.13. The summed E-state index contributed by atoms with van der Waals surface area (Å²) in [5, 5.41) is 3.67. The molecule has 0 heterocycles. The monoisotopic (exact) mass is 409 g/mol. The lowest BCUT2D eigenvalue weighted by Gasteiger charge is -2.13. The van der Waals surface area contributed by atoms with Crippen molar-refractivity contribution in [3.05, 3.63) is 56.5 Å². The molecule has 128 valence electrons. The van der Waals surface area contributed by atoms with Crippen LogP contribution in [-0.4, -0.2) is 12.5 Å². The van der Waals surface area contributed by atoms with Gasteiger partial charge in [0.2, 0.25) is 5.91 Å². The highest BCUT2D eigenvalue weighted by molar-refractivity contribution is 9.10. The number of hydrogen-bond donors (Lipinski definition) is 1. The van der Waals surface area contributed by atoms with Crippen LogP contribution in [0.3, 0.4) is 0 Å². The first kappa shape index (κ1) is 18.8. The number of hydrogen-bond acceptors (Lipinski definition) is 2. The Morgan fingerprint density at radius 2 is 1.92 bits per heavy atom. The maximum absolute atomic E-state index is 12.0. The summed E-state index contributed by atoms with van der Waals surface area (Å²) in [6, 6.07) is 9.65. The smallest absolute Gasteiger partial charge is 0.224 e. The number of anilines is 1. The number of aryl methyl sites for hydroxylation is 2. The van der Waals surface area contributed by atoms with Crippen LogP contribution in [0.2, 0.25) is 5.02 Å². The quantitative estimate of drug-likeness (QED) is 0.609. The Hall–Kier alpha value is -1.52. The summed E-state index contributed by atoms with van der Waals surface area (Å²) in [6.07, 6.45) is 1.06. The van der Waals surface area contributed by atoms with Crippen LogP contribution in [0.5, 0.6) is 5.75 Å². The third-order valence-electron chi connectivity index (χ3n) is 3.79. The van der Waals surface area contributed by atoms with E-state index in [2.05, 4.69) is 21.2 Å². The van der Waals surface area contributed by atoms with Crippen LogP contribution in [0.15, 0.2) is 34.8 Å². The Labute approximate surface area is 156 Å². The number of halogens is 2. The van der Waals surface area contributed by atoms with Crippen LogP contribution in [0, 0.1) is 20.8 Å². The molecule has 0 aliphatic heterocycles. The molecule has 0 fully saturated rings. The molecule has 0 aliphatic rings. The van der Waals surface area contributed by atoms with E-state index in [0.717, 1.165) is 37.6 Å². The van der Waals surface area contributed by atoms with Crippen LogP contribution in [0.4, 0.5) is 5.69 Å². The second-order valence-corrected chi connectivity index (χ2v) is 6.93. The van der Waals surface area contributed by atoms with E-state index >= 15 is 0 Å². The van der Waals surface area contributed by atoms with Crippen LogP contribution >= 0.6 is 27.5 Å². The summed E-state index contributed by atoms with van der Waals surface area (Å²) in [5.74, 6) is 0.754. The number of carbonyl (C=O) groups is 1. The molecule has 0 bridgehead atoms. The number of para-hydroxylation sites is 1. The van der Waals surface area contributed by atoms with E-state index in [1.807, 2.05) is 51.1 Å².